The first-order valence-corrected chi connectivity index (χ1v) is 5.43. The highest BCUT2D eigenvalue weighted by Crippen LogP contribution is 2.43. The van der Waals surface area contributed by atoms with Crippen molar-refractivity contribution >= 4 is 0 Å². The highest BCUT2D eigenvalue weighted by atomic mass is 16.3. The maximum absolute atomic E-state index is 9.59. The van der Waals surface area contributed by atoms with E-state index in [0.29, 0.717) is 6.61 Å². The lowest BCUT2D eigenvalue weighted by Crippen LogP contribution is -2.27. The predicted molar refractivity (Wildman–Crippen MR) is 58.2 cm³/mol. The zero-order valence-electron chi connectivity index (χ0n) is 8.74. The van der Waals surface area contributed by atoms with Gasteiger partial charge in [-0.2, -0.15) is 0 Å². The van der Waals surface area contributed by atoms with E-state index in [1.165, 1.54) is 12.0 Å². The summed E-state index contributed by atoms with van der Waals surface area (Å²) in [6, 6.07) is 10.5. The Kier molecular flexibility index (Phi) is 2.60. The molecule has 0 unspecified atom stereocenters. The summed E-state index contributed by atoms with van der Waals surface area (Å²) >= 11 is 0. The van der Waals surface area contributed by atoms with Gasteiger partial charge in [-0.05, 0) is 30.7 Å². The van der Waals surface area contributed by atoms with Gasteiger partial charge in [0.2, 0.25) is 0 Å². The summed E-state index contributed by atoms with van der Waals surface area (Å²) in [5.41, 5.74) is 1.37. The average molecular weight is 190 g/mol. The topological polar surface area (TPSA) is 20.2 Å². The van der Waals surface area contributed by atoms with E-state index >= 15 is 0 Å². The molecule has 2 rings (SSSR count). The normalized spacial score (nSPS) is 32.0. The van der Waals surface area contributed by atoms with Gasteiger partial charge in [-0.15, -0.1) is 0 Å². The fraction of sp³-hybridized carbons (Fsp3) is 0.538. The molecular weight excluding hydrogens is 172 g/mol. The van der Waals surface area contributed by atoms with Crippen molar-refractivity contribution in [2.75, 3.05) is 6.61 Å². The fourth-order valence-electron chi connectivity index (χ4n) is 2.68. The van der Waals surface area contributed by atoms with Crippen molar-refractivity contribution in [2.24, 2.45) is 5.92 Å². The summed E-state index contributed by atoms with van der Waals surface area (Å²) < 4.78 is 0. The first-order chi connectivity index (χ1) is 6.77. The van der Waals surface area contributed by atoms with E-state index in [9.17, 15) is 5.11 Å². The summed E-state index contributed by atoms with van der Waals surface area (Å²) in [5, 5.41) is 9.59. The molecule has 1 saturated carbocycles. The zero-order chi connectivity index (χ0) is 10.0. The summed E-state index contributed by atoms with van der Waals surface area (Å²) in [4.78, 5) is 0. The number of benzene rings is 1. The molecule has 1 aliphatic rings. The van der Waals surface area contributed by atoms with Crippen molar-refractivity contribution in [1.29, 1.82) is 0 Å². The third-order valence-electron chi connectivity index (χ3n) is 3.54. The smallest absolute Gasteiger partial charge is 0.0528 e. The van der Waals surface area contributed by atoms with E-state index in [-0.39, 0.29) is 5.41 Å². The van der Waals surface area contributed by atoms with Crippen LogP contribution < -0.4 is 0 Å². The van der Waals surface area contributed by atoms with Crippen molar-refractivity contribution in [2.45, 2.75) is 31.6 Å². The van der Waals surface area contributed by atoms with Crippen LogP contribution in [0.25, 0.3) is 0 Å². The molecule has 76 valence electrons. The third kappa shape index (κ3) is 1.57. The molecule has 1 fully saturated rings. The van der Waals surface area contributed by atoms with Crippen LogP contribution in [0.2, 0.25) is 0 Å². The van der Waals surface area contributed by atoms with Crippen molar-refractivity contribution < 1.29 is 5.11 Å². The Morgan fingerprint density at radius 2 is 2.07 bits per heavy atom. The van der Waals surface area contributed by atoms with Gasteiger partial charge < -0.3 is 5.11 Å². The van der Waals surface area contributed by atoms with Gasteiger partial charge in [-0.25, -0.2) is 0 Å². The van der Waals surface area contributed by atoms with Crippen LogP contribution in [-0.2, 0) is 5.41 Å². The molecule has 1 aromatic carbocycles. The Labute approximate surface area is 85.8 Å². The van der Waals surface area contributed by atoms with Gasteiger partial charge in [0.15, 0.2) is 0 Å². The second kappa shape index (κ2) is 3.74. The lowest BCUT2D eigenvalue weighted by atomic mass is 9.79. The van der Waals surface area contributed by atoms with Gasteiger partial charge in [-0.1, -0.05) is 37.3 Å². The highest BCUT2D eigenvalue weighted by molar-refractivity contribution is 5.27. The Morgan fingerprint density at radius 3 is 2.57 bits per heavy atom. The van der Waals surface area contributed by atoms with Gasteiger partial charge in [0, 0.05) is 5.41 Å². The Bertz CT molecular complexity index is 293. The summed E-state index contributed by atoms with van der Waals surface area (Å²) in [6.07, 6.45) is 3.51. The SMILES string of the molecule is C[C@@H]1CC[C@](CO)(c2ccccc2)C1. The van der Waals surface area contributed by atoms with E-state index in [2.05, 4.69) is 31.2 Å². The summed E-state index contributed by atoms with van der Waals surface area (Å²) in [5.74, 6) is 0.752. The molecule has 0 heterocycles. The number of rotatable bonds is 2. The van der Waals surface area contributed by atoms with E-state index in [4.69, 9.17) is 0 Å². The zero-order valence-corrected chi connectivity index (χ0v) is 8.74. The van der Waals surface area contributed by atoms with Crippen molar-refractivity contribution in [3.63, 3.8) is 0 Å². The van der Waals surface area contributed by atoms with E-state index in [0.717, 1.165) is 18.8 Å². The maximum Gasteiger partial charge on any atom is 0.0528 e. The molecule has 1 nitrogen and oxygen atoms in total. The Morgan fingerprint density at radius 1 is 1.36 bits per heavy atom. The van der Waals surface area contributed by atoms with Crippen LogP contribution in [0.1, 0.15) is 31.7 Å². The molecule has 1 heteroatoms. The molecule has 14 heavy (non-hydrogen) atoms. The van der Waals surface area contributed by atoms with E-state index in [1.807, 2.05) is 6.07 Å². The molecule has 0 aliphatic heterocycles. The van der Waals surface area contributed by atoms with Gasteiger partial charge >= 0.3 is 0 Å². The number of hydrogen-bond acceptors (Lipinski definition) is 1. The van der Waals surface area contributed by atoms with Crippen molar-refractivity contribution in [3.05, 3.63) is 35.9 Å². The molecule has 1 aliphatic carbocycles. The lowest BCUT2D eigenvalue weighted by Gasteiger charge is -2.27. The van der Waals surface area contributed by atoms with Gasteiger partial charge in [-0.3, -0.25) is 0 Å². The van der Waals surface area contributed by atoms with E-state index < -0.39 is 0 Å². The highest BCUT2D eigenvalue weighted by Gasteiger charge is 2.38. The Hall–Kier alpha value is -0.820. The minimum atomic E-state index is 0.0562. The molecule has 2 atom stereocenters. The fourth-order valence-corrected chi connectivity index (χ4v) is 2.68. The van der Waals surface area contributed by atoms with Gasteiger partial charge in [0.05, 0.1) is 6.61 Å². The van der Waals surface area contributed by atoms with Gasteiger partial charge in [0.25, 0.3) is 0 Å². The van der Waals surface area contributed by atoms with Crippen LogP contribution in [0.3, 0.4) is 0 Å². The summed E-state index contributed by atoms with van der Waals surface area (Å²) in [6.45, 7) is 2.57. The van der Waals surface area contributed by atoms with Crippen LogP contribution >= 0.6 is 0 Å². The number of hydrogen-bond donors (Lipinski definition) is 1. The first kappa shape index (κ1) is 9.72. The molecule has 0 spiro atoms. The first-order valence-electron chi connectivity index (χ1n) is 5.43. The molecular formula is C13H18O. The molecule has 0 saturated heterocycles. The molecule has 1 N–H and O–H groups in total. The van der Waals surface area contributed by atoms with Crippen LogP contribution in [0.4, 0.5) is 0 Å². The maximum atomic E-state index is 9.59. The minimum Gasteiger partial charge on any atom is -0.395 e. The third-order valence-corrected chi connectivity index (χ3v) is 3.54. The molecule has 0 aromatic heterocycles. The molecule has 0 bridgehead atoms. The second-order valence-electron chi connectivity index (χ2n) is 4.65. The largest absolute Gasteiger partial charge is 0.395 e. The van der Waals surface area contributed by atoms with E-state index in [1.54, 1.807) is 0 Å². The van der Waals surface area contributed by atoms with Crippen LogP contribution in [0, 0.1) is 5.92 Å². The molecule has 0 radical (unpaired) electrons. The monoisotopic (exact) mass is 190 g/mol. The van der Waals surface area contributed by atoms with Gasteiger partial charge in [0.1, 0.15) is 0 Å². The number of aliphatic hydroxyl groups is 1. The average Bonchev–Trinajstić information content (AvgIpc) is 2.63. The minimum absolute atomic E-state index is 0.0562. The second-order valence-corrected chi connectivity index (χ2v) is 4.65. The standard InChI is InChI=1S/C13H18O/c1-11-7-8-13(9-11,10-14)12-5-3-2-4-6-12/h2-6,11,14H,7-10H2,1H3/t11-,13+/m1/s1. The van der Waals surface area contributed by atoms with Crippen LogP contribution in [0.5, 0.6) is 0 Å². The molecule has 0 amide bonds. The van der Waals surface area contributed by atoms with Crippen molar-refractivity contribution in [3.8, 4) is 0 Å². The number of aliphatic hydroxyl groups excluding tert-OH is 1. The van der Waals surface area contributed by atoms with Crippen LogP contribution in [-0.4, -0.2) is 11.7 Å². The predicted octanol–water partition coefficient (Wildman–Crippen LogP) is 2.74. The quantitative estimate of drug-likeness (QED) is 0.760. The summed E-state index contributed by atoms with van der Waals surface area (Å²) in [7, 11) is 0. The van der Waals surface area contributed by atoms with Crippen molar-refractivity contribution in [1.82, 2.24) is 0 Å². The lowest BCUT2D eigenvalue weighted by molar-refractivity contribution is 0.192. The molecule has 1 aromatic rings. The Balaban J connectivity index is 2.30. The van der Waals surface area contributed by atoms with Crippen LogP contribution in [0.15, 0.2) is 30.3 Å².